The van der Waals surface area contributed by atoms with Crippen LogP contribution in [0.2, 0.25) is 0 Å². The Bertz CT molecular complexity index is 994. The maximum atomic E-state index is 11.9. The van der Waals surface area contributed by atoms with Crippen molar-refractivity contribution in [3.63, 3.8) is 0 Å². The zero-order valence-corrected chi connectivity index (χ0v) is 19.9. The third-order valence-electron chi connectivity index (χ3n) is 4.85. The van der Waals surface area contributed by atoms with Crippen molar-refractivity contribution in [1.82, 2.24) is 20.9 Å². The standard InChI is InChI=1S/C12H14N2O2.C7H7Cl.C5H8N2O2/c1-12(2)10(15)14(11(16)13-12)8-9-6-4-3-5-7-9;8-6-7-4-2-1-3-5-7;1-5(2)3(8)6-4(9)7-5/h3-7H,8H2,1-2H3,(H,13,16);1-5H,6H2;1-2H3,(H2,6,7,8,9). The van der Waals surface area contributed by atoms with E-state index in [0.717, 1.165) is 5.56 Å². The van der Waals surface area contributed by atoms with Gasteiger partial charge in [-0.05, 0) is 38.8 Å². The maximum absolute atomic E-state index is 11.9. The Morgan fingerprint density at radius 3 is 1.58 bits per heavy atom. The largest absolute Gasteiger partial charge is 0.325 e. The number of carbonyl (C=O) groups is 4. The smallest absolute Gasteiger partial charge is 0.324 e. The van der Waals surface area contributed by atoms with Gasteiger partial charge in [0.25, 0.3) is 11.8 Å². The van der Waals surface area contributed by atoms with Crippen LogP contribution in [-0.2, 0) is 22.0 Å². The second kappa shape index (κ2) is 11.0. The first kappa shape index (κ1) is 25.9. The molecule has 0 bridgehead atoms. The summed E-state index contributed by atoms with van der Waals surface area (Å²) in [6.45, 7) is 7.03. The van der Waals surface area contributed by atoms with Crippen molar-refractivity contribution >= 4 is 35.5 Å². The molecule has 2 fully saturated rings. The number of benzene rings is 2. The van der Waals surface area contributed by atoms with Gasteiger partial charge in [-0.15, -0.1) is 11.6 Å². The molecule has 33 heavy (non-hydrogen) atoms. The van der Waals surface area contributed by atoms with E-state index in [0.29, 0.717) is 12.4 Å². The van der Waals surface area contributed by atoms with Crippen LogP contribution in [0.5, 0.6) is 0 Å². The van der Waals surface area contributed by atoms with E-state index in [1.807, 2.05) is 60.7 Å². The Morgan fingerprint density at radius 1 is 0.758 bits per heavy atom. The molecule has 0 radical (unpaired) electrons. The highest BCUT2D eigenvalue weighted by molar-refractivity contribution is 6.17. The lowest BCUT2D eigenvalue weighted by Crippen LogP contribution is -2.40. The molecule has 0 aromatic heterocycles. The van der Waals surface area contributed by atoms with Crippen molar-refractivity contribution in [2.75, 3.05) is 0 Å². The topological polar surface area (TPSA) is 108 Å². The summed E-state index contributed by atoms with van der Waals surface area (Å²) in [6.07, 6.45) is 0. The molecule has 8 nitrogen and oxygen atoms in total. The summed E-state index contributed by atoms with van der Waals surface area (Å²) in [5.74, 6) is 0.162. The predicted octanol–water partition coefficient (Wildman–Crippen LogP) is 3.55. The van der Waals surface area contributed by atoms with Crippen molar-refractivity contribution in [3.8, 4) is 0 Å². The van der Waals surface area contributed by atoms with E-state index >= 15 is 0 Å². The summed E-state index contributed by atoms with van der Waals surface area (Å²) in [5, 5.41) is 7.21. The van der Waals surface area contributed by atoms with E-state index in [9.17, 15) is 19.2 Å². The summed E-state index contributed by atoms with van der Waals surface area (Å²) >= 11 is 5.53. The minimum atomic E-state index is -0.786. The van der Waals surface area contributed by atoms with Gasteiger partial charge >= 0.3 is 12.1 Å². The van der Waals surface area contributed by atoms with Gasteiger partial charge in [0.2, 0.25) is 0 Å². The van der Waals surface area contributed by atoms with Crippen molar-refractivity contribution in [1.29, 1.82) is 0 Å². The van der Waals surface area contributed by atoms with E-state index in [2.05, 4.69) is 16.0 Å². The summed E-state index contributed by atoms with van der Waals surface area (Å²) in [7, 11) is 0. The monoisotopic (exact) mass is 472 g/mol. The van der Waals surface area contributed by atoms with Crippen LogP contribution >= 0.6 is 11.6 Å². The van der Waals surface area contributed by atoms with Crippen LogP contribution in [0.25, 0.3) is 0 Å². The number of nitrogens with one attached hydrogen (secondary N) is 3. The van der Waals surface area contributed by atoms with Crippen molar-refractivity contribution in [2.45, 2.75) is 51.2 Å². The number of halogens is 1. The van der Waals surface area contributed by atoms with Gasteiger partial charge in [-0.25, -0.2) is 9.59 Å². The molecule has 9 heteroatoms. The molecule has 4 rings (SSSR count). The third kappa shape index (κ3) is 7.32. The first-order valence-electron chi connectivity index (χ1n) is 10.4. The molecule has 176 valence electrons. The number of carbonyl (C=O) groups excluding carboxylic acids is 4. The number of nitrogens with zero attached hydrogens (tertiary/aromatic N) is 1. The summed E-state index contributed by atoms with van der Waals surface area (Å²) in [5.41, 5.74) is 0.612. The summed E-state index contributed by atoms with van der Waals surface area (Å²) in [4.78, 5) is 45.9. The average molecular weight is 473 g/mol. The fourth-order valence-corrected chi connectivity index (χ4v) is 3.10. The maximum Gasteiger partial charge on any atom is 0.325 e. The van der Waals surface area contributed by atoms with E-state index in [1.54, 1.807) is 27.7 Å². The first-order chi connectivity index (χ1) is 15.5. The van der Waals surface area contributed by atoms with Crippen LogP contribution in [-0.4, -0.2) is 39.9 Å². The molecule has 2 heterocycles. The Labute approximate surface area is 198 Å². The zero-order chi connectivity index (χ0) is 24.6. The SMILES string of the molecule is CC1(C)NC(=O)N(Cc2ccccc2)C1=O.CC1(C)NC(=O)NC1=O.ClCc1ccccc1. The second-order valence-electron chi connectivity index (χ2n) is 8.58. The van der Waals surface area contributed by atoms with Gasteiger partial charge in [0.1, 0.15) is 11.1 Å². The Balaban J connectivity index is 0.000000192. The molecule has 0 unspecified atom stereocenters. The van der Waals surface area contributed by atoms with E-state index in [4.69, 9.17) is 11.6 Å². The lowest BCUT2D eigenvalue weighted by atomic mass is 10.1. The number of alkyl halides is 1. The molecule has 2 aromatic carbocycles. The fourth-order valence-electron chi connectivity index (χ4n) is 2.93. The Morgan fingerprint density at radius 2 is 1.27 bits per heavy atom. The minimum Gasteiger partial charge on any atom is -0.324 e. The summed E-state index contributed by atoms with van der Waals surface area (Å²) in [6, 6.07) is 18.7. The van der Waals surface area contributed by atoms with Gasteiger partial charge in [0, 0.05) is 5.88 Å². The molecule has 3 N–H and O–H groups in total. The van der Waals surface area contributed by atoms with Crippen molar-refractivity contribution in [3.05, 3.63) is 71.8 Å². The quantitative estimate of drug-likeness (QED) is 0.469. The lowest BCUT2D eigenvalue weighted by Gasteiger charge is -2.15. The molecule has 2 aromatic rings. The summed E-state index contributed by atoms with van der Waals surface area (Å²) < 4.78 is 0. The molecular weight excluding hydrogens is 444 g/mol. The molecule has 2 saturated heterocycles. The van der Waals surface area contributed by atoms with Gasteiger partial charge in [0.15, 0.2) is 0 Å². The van der Waals surface area contributed by atoms with E-state index < -0.39 is 17.1 Å². The van der Waals surface area contributed by atoms with Crippen LogP contribution in [0.1, 0.15) is 38.8 Å². The number of urea groups is 2. The van der Waals surface area contributed by atoms with Gasteiger partial charge in [-0.3, -0.25) is 19.8 Å². The number of amides is 6. The normalized spacial score (nSPS) is 17.7. The molecule has 2 aliphatic rings. The van der Waals surface area contributed by atoms with Crippen molar-refractivity contribution in [2.24, 2.45) is 0 Å². The van der Waals surface area contributed by atoms with E-state index in [-0.39, 0.29) is 17.8 Å². The molecule has 0 saturated carbocycles. The lowest BCUT2D eigenvalue weighted by molar-refractivity contribution is -0.130. The van der Waals surface area contributed by atoms with Crippen LogP contribution in [0.4, 0.5) is 9.59 Å². The minimum absolute atomic E-state index is 0.179. The van der Waals surface area contributed by atoms with Crippen LogP contribution in [0, 0.1) is 0 Å². The third-order valence-corrected chi connectivity index (χ3v) is 5.15. The number of imide groups is 2. The highest BCUT2D eigenvalue weighted by atomic mass is 35.5. The molecule has 0 spiro atoms. The molecule has 0 aliphatic carbocycles. The van der Waals surface area contributed by atoms with Gasteiger partial charge in [0.05, 0.1) is 6.54 Å². The first-order valence-corrected chi connectivity index (χ1v) is 10.9. The number of rotatable bonds is 3. The van der Waals surface area contributed by atoms with Crippen LogP contribution < -0.4 is 16.0 Å². The van der Waals surface area contributed by atoms with Gasteiger partial charge < -0.3 is 10.6 Å². The molecule has 2 aliphatic heterocycles. The van der Waals surface area contributed by atoms with Crippen LogP contribution in [0.3, 0.4) is 0 Å². The van der Waals surface area contributed by atoms with Crippen molar-refractivity contribution < 1.29 is 19.2 Å². The average Bonchev–Trinajstić information content (AvgIpc) is 3.13. The van der Waals surface area contributed by atoms with Gasteiger partial charge in [-0.2, -0.15) is 0 Å². The second-order valence-corrected chi connectivity index (χ2v) is 8.85. The number of hydrogen-bond acceptors (Lipinski definition) is 4. The fraction of sp³-hybridized carbons (Fsp3) is 0.333. The van der Waals surface area contributed by atoms with Crippen LogP contribution in [0.15, 0.2) is 60.7 Å². The van der Waals surface area contributed by atoms with E-state index in [1.165, 1.54) is 10.5 Å². The predicted molar refractivity (Wildman–Crippen MR) is 126 cm³/mol. The Hall–Kier alpha value is -3.39. The molecule has 0 atom stereocenters. The molecule has 6 amide bonds. The number of hydrogen-bond donors (Lipinski definition) is 3. The highest BCUT2D eigenvalue weighted by Gasteiger charge is 2.44. The highest BCUT2D eigenvalue weighted by Crippen LogP contribution is 2.18. The zero-order valence-electron chi connectivity index (χ0n) is 19.1. The Kier molecular flexibility index (Phi) is 8.59. The molecular formula is C24H29ClN4O4. The van der Waals surface area contributed by atoms with Gasteiger partial charge in [-0.1, -0.05) is 60.7 Å².